The second-order valence-corrected chi connectivity index (χ2v) is 5.66. The third-order valence-electron chi connectivity index (χ3n) is 3.63. The highest BCUT2D eigenvalue weighted by molar-refractivity contribution is 6.33. The summed E-state index contributed by atoms with van der Waals surface area (Å²) in [4.78, 5) is 18.2. The number of fused-ring (bicyclic) bond motifs is 1. The van der Waals surface area contributed by atoms with Crippen molar-refractivity contribution in [2.24, 2.45) is 0 Å². The van der Waals surface area contributed by atoms with Gasteiger partial charge in [0.05, 0.1) is 17.1 Å². The van der Waals surface area contributed by atoms with Crippen molar-refractivity contribution in [3.63, 3.8) is 0 Å². The molecule has 0 saturated carbocycles. The van der Waals surface area contributed by atoms with Crippen LogP contribution >= 0.6 is 11.6 Å². The average Bonchev–Trinajstić information content (AvgIpc) is 3.03. The molecule has 0 saturated heterocycles. The Morgan fingerprint density at radius 3 is 3.05 bits per heavy atom. The lowest BCUT2D eigenvalue weighted by Crippen LogP contribution is -2.28. The fraction of sp³-hybridized carbons (Fsp3) is 0.429. The molecule has 0 fully saturated rings. The lowest BCUT2D eigenvalue weighted by Gasteiger charge is -2.17. The number of rotatable bonds is 3. The Kier molecular flexibility index (Phi) is 3.63. The average molecular weight is 306 g/mol. The Morgan fingerprint density at radius 1 is 1.48 bits per heavy atom. The Balaban J connectivity index is 1.78. The van der Waals surface area contributed by atoms with E-state index < -0.39 is 0 Å². The van der Waals surface area contributed by atoms with Crippen molar-refractivity contribution in [3.8, 4) is 0 Å². The molecule has 1 aliphatic rings. The molecule has 6 nitrogen and oxygen atoms in total. The first kappa shape index (κ1) is 14.0. The molecule has 7 heteroatoms. The normalized spacial score (nSPS) is 13.3. The van der Waals surface area contributed by atoms with E-state index in [1.807, 2.05) is 6.92 Å². The first-order valence-electron chi connectivity index (χ1n) is 6.85. The monoisotopic (exact) mass is 305 g/mol. The smallest absolute Gasteiger partial charge is 0.257 e. The zero-order chi connectivity index (χ0) is 15.0. The van der Waals surface area contributed by atoms with E-state index in [-0.39, 0.29) is 5.91 Å². The van der Waals surface area contributed by atoms with E-state index in [2.05, 4.69) is 19.7 Å². The maximum Gasteiger partial charge on any atom is 0.257 e. The Labute approximate surface area is 127 Å². The number of amides is 1. The fourth-order valence-electron chi connectivity index (χ4n) is 2.50. The van der Waals surface area contributed by atoms with Crippen molar-refractivity contribution in [2.45, 2.75) is 32.9 Å². The summed E-state index contributed by atoms with van der Waals surface area (Å²) in [5.41, 5.74) is 1.19. The van der Waals surface area contributed by atoms with E-state index >= 15 is 0 Å². The van der Waals surface area contributed by atoms with Crippen molar-refractivity contribution in [3.05, 3.63) is 40.2 Å². The Bertz CT molecular complexity index is 697. The van der Waals surface area contributed by atoms with Gasteiger partial charge in [0.15, 0.2) is 5.82 Å². The highest BCUT2D eigenvalue weighted by Gasteiger charge is 2.21. The molecule has 3 heterocycles. The van der Waals surface area contributed by atoms with Gasteiger partial charge in [-0.2, -0.15) is 0 Å². The van der Waals surface area contributed by atoms with Gasteiger partial charge in [0.1, 0.15) is 5.82 Å². The molecule has 0 unspecified atom stereocenters. The van der Waals surface area contributed by atoms with Crippen LogP contribution in [-0.2, 0) is 19.5 Å². The van der Waals surface area contributed by atoms with Crippen molar-refractivity contribution in [1.82, 2.24) is 24.6 Å². The van der Waals surface area contributed by atoms with Gasteiger partial charge in [0.25, 0.3) is 5.91 Å². The molecule has 110 valence electrons. The molecule has 0 spiro atoms. The van der Waals surface area contributed by atoms with Gasteiger partial charge in [-0.05, 0) is 19.4 Å². The predicted molar refractivity (Wildman–Crippen MR) is 78.1 cm³/mol. The molecular formula is C14H16ClN5O. The molecule has 1 amide bonds. The van der Waals surface area contributed by atoms with E-state index in [9.17, 15) is 4.79 Å². The van der Waals surface area contributed by atoms with Crippen molar-refractivity contribution in [2.75, 3.05) is 7.05 Å². The third-order valence-corrected chi connectivity index (χ3v) is 3.94. The molecule has 0 aromatic carbocycles. The van der Waals surface area contributed by atoms with E-state index in [0.717, 1.165) is 36.7 Å². The number of pyridine rings is 1. The van der Waals surface area contributed by atoms with Gasteiger partial charge in [-0.15, -0.1) is 10.2 Å². The number of halogens is 1. The zero-order valence-corrected chi connectivity index (χ0v) is 12.8. The van der Waals surface area contributed by atoms with Crippen LogP contribution in [0.25, 0.3) is 0 Å². The standard InChI is InChI=1S/C14H16ClN5O/c1-9-6-11(15)10(7-16-9)14(21)19(2)8-13-18-17-12-4-3-5-20(12)13/h6-7H,3-5,8H2,1-2H3. The molecule has 3 rings (SSSR count). The molecule has 1 aliphatic heterocycles. The summed E-state index contributed by atoms with van der Waals surface area (Å²) >= 11 is 6.12. The summed E-state index contributed by atoms with van der Waals surface area (Å²) in [5.74, 6) is 1.65. The highest BCUT2D eigenvalue weighted by atomic mass is 35.5. The van der Waals surface area contributed by atoms with Crippen LogP contribution in [0.4, 0.5) is 0 Å². The molecular weight excluding hydrogens is 290 g/mol. The maximum atomic E-state index is 12.4. The van der Waals surface area contributed by atoms with Gasteiger partial charge < -0.3 is 9.47 Å². The van der Waals surface area contributed by atoms with Crippen LogP contribution in [0.3, 0.4) is 0 Å². The van der Waals surface area contributed by atoms with Gasteiger partial charge in [-0.3, -0.25) is 9.78 Å². The maximum absolute atomic E-state index is 12.4. The SMILES string of the molecule is Cc1cc(Cl)c(C(=O)N(C)Cc2nnc3n2CCC3)cn1. The van der Waals surface area contributed by atoms with E-state index in [4.69, 9.17) is 11.6 Å². The minimum atomic E-state index is -0.164. The van der Waals surface area contributed by atoms with E-state index in [1.54, 1.807) is 18.0 Å². The third kappa shape index (κ3) is 2.63. The van der Waals surface area contributed by atoms with Crippen LogP contribution in [-0.4, -0.2) is 37.6 Å². The number of hydrogen-bond acceptors (Lipinski definition) is 4. The molecule has 0 bridgehead atoms. The summed E-state index contributed by atoms with van der Waals surface area (Å²) < 4.78 is 2.08. The van der Waals surface area contributed by atoms with Crippen LogP contribution in [0.5, 0.6) is 0 Å². The summed E-state index contributed by atoms with van der Waals surface area (Å²) in [7, 11) is 1.73. The van der Waals surface area contributed by atoms with Crippen molar-refractivity contribution >= 4 is 17.5 Å². The van der Waals surface area contributed by atoms with Gasteiger partial charge in [0.2, 0.25) is 0 Å². The van der Waals surface area contributed by atoms with E-state index in [1.165, 1.54) is 6.20 Å². The van der Waals surface area contributed by atoms with Crippen LogP contribution in [0, 0.1) is 6.92 Å². The minimum absolute atomic E-state index is 0.164. The fourth-order valence-corrected chi connectivity index (χ4v) is 2.79. The summed E-state index contributed by atoms with van der Waals surface area (Å²) in [6.45, 7) is 3.17. The van der Waals surface area contributed by atoms with Gasteiger partial charge >= 0.3 is 0 Å². The molecule has 0 aliphatic carbocycles. The molecule has 0 atom stereocenters. The topological polar surface area (TPSA) is 63.9 Å². The number of carbonyl (C=O) groups is 1. The first-order valence-corrected chi connectivity index (χ1v) is 7.22. The highest BCUT2D eigenvalue weighted by Crippen LogP contribution is 2.19. The predicted octanol–water partition coefficient (Wildman–Crippen LogP) is 1.85. The van der Waals surface area contributed by atoms with Crippen molar-refractivity contribution < 1.29 is 4.79 Å². The minimum Gasteiger partial charge on any atom is -0.334 e. The summed E-state index contributed by atoms with van der Waals surface area (Å²) in [6, 6.07) is 1.69. The van der Waals surface area contributed by atoms with Crippen LogP contribution in [0.1, 0.15) is 34.1 Å². The number of hydrogen-bond donors (Lipinski definition) is 0. The number of aromatic nitrogens is 4. The molecule has 2 aromatic rings. The quantitative estimate of drug-likeness (QED) is 0.868. The second-order valence-electron chi connectivity index (χ2n) is 5.25. The van der Waals surface area contributed by atoms with E-state index in [0.29, 0.717) is 17.1 Å². The van der Waals surface area contributed by atoms with Crippen LogP contribution in [0.15, 0.2) is 12.3 Å². The zero-order valence-electron chi connectivity index (χ0n) is 12.0. The Morgan fingerprint density at radius 2 is 2.29 bits per heavy atom. The lowest BCUT2D eigenvalue weighted by atomic mass is 10.2. The first-order chi connectivity index (χ1) is 10.1. The summed E-state index contributed by atoms with van der Waals surface area (Å²) in [6.07, 6.45) is 3.56. The molecule has 2 aromatic heterocycles. The second kappa shape index (κ2) is 5.44. The van der Waals surface area contributed by atoms with Crippen LogP contribution < -0.4 is 0 Å². The number of aryl methyl sites for hydroxylation is 2. The number of carbonyl (C=O) groups excluding carboxylic acids is 1. The number of nitrogens with zero attached hydrogens (tertiary/aromatic N) is 5. The molecule has 0 radical (unpaired) electrons. The van der Waals surface area contributed by atoms with Crippen LogP contribution in [0.2, 0.25) is 5.02 Å². The summed E-state index contributed by atoms with van der Waals surface area (Å²) in [5, 5.41) is 8.73. The lowest BCUT2D eigenvalue weighted by molar-refractivity contribution is 0.0780. The Hall–Kier alpha value is -1.95. The van der Waals surface area contributed by atoms with Gasteiger partial charge in [-0.25, -0.2) is 0 Å². The molecule has 0 N–H and O–H groups in total. The molecule has 21 heavy (non-hydrogen) atoms. The van der Waals surface area contributed by atoms with Gasteiger partial charge in [-0.1, -0.05) is 11.6 Å². The largest absolute Gasteiger partial charge is 0.334 e. The van der Waals surface area contributed by atoms with Gasteiger partial charge in [0, 0.05) is 31.9 Å². The van der Waals surface area contributed by atoms with Crippen molar-refractivity contribution in [1.29, 1.82) is 0 Å².